The lowest BCUT2D eigenvalue weighted by atomic mass is 9.73. The molecule has 82 valence electrons. The molecule has 0 unspecified atom stereocenters. The lowest BCUT2D eigenvalue weighted by Gasteiger charge is -2.57. The van der Waals surface area contributed by atoms with Crippen LogP contribution in [-0.2, 0) is 0 Å². The van der Waals surface area contributed by atoms with E-state index in [1.807, 2.05) is 0 Å². The molecule has 0 atom stereocenters. The molecule has 0 aromatic heterocycles. The molecule has 1 aliphatic heterocycles. The van der Waals surface area contributed by atoms with Crippen molar-refractivity contribution in [1.82, 2.24) is 9.80 Å². The third-order valence-electron chi connectivity index (χ3n) is 4.14. The van der Waals surface area contributed by atoms with Crippen molar-refractivity contribution in [1.29, 1.82) is 0 Å². The standard InChI is InChI=1S/C12H24N2/c1-4-13-8-9-14(11(2)3)12(10-13)6-5-7-12/h11H,4-10H2,1-3H3. The fourth-order valence-electron chi connectivity index (χ4n) is 3.18. The third kappa shape index (κ3) is 1.59. The number of rotatable bonds is 2. The van der Waals surface area contributed by atoms with E-state index in [0.29, 0.717) is 5.54 Å². The van der Waals surface area contributed by atoms with Crippen LogP contribution in [-0.4, -0.2) is 47.6 Å². The summed E-state index contributed by atoms with van der Waals surface area (Å²) in [5, 5.41) is 0. The first-order valence-electron chi connectivity index (χ1n) is 6.17. The van der Waals surface area contributed by atoms with Crippen LogP contribution in [0.1, 0.15) is 40.0 Å². The molecule has 2 aliphatic rings. The molecule has 0 N–H and O–H groups in total. The highest BCUT2D eigenvalue weighted by Crippen LogP contribution is 2.41. The number of hydrogen-bond donors (Lipinski definition) is 0. The van der Waals surface area contributed by atoms with Crippen LogP contribution in [0.2, 0.25) is 0 Å². The molecule has 2 fully saturated rings. The zero-order valence-corrected chi connectivity index (χ0v) is 9.92. The molecule has 14 heavy (non-hydrogen) atoms. The second kappa shape index (κ2) is 3.82. The van der Waals surface area contributed by atoms with Gasteiger partial charge in [-0.25, -0.2) is 0 Å². The molecular weight excluding hydrogens is 172 g/mol. The van der Waals surface area contributed by atoms with Crippen molar-refractivity contribution in [2.45, 2.75) is 51.6 Å². The summed E-state index contributed by atoms with van der Waals surface area (Å²) in [6.45, 7) is 12.1. The second-order valence-electron chi connectivity index (χ2n) is 5.23. The van der Waals surface area contributed by atoms with Crippen molar-refractivity contribution in [3.05, 3.63) is 0 Å². The van der Waals surface area contributed by atoms with E-state index in [-0.39, 0.29) is 0 Å². The maximum Gasteiger partial charge on any atom is 0.0339 e. The smallest absolute Gasteiger partial charge is 0.0339 e. The van der Waals surface area contributed by atoms with Gasteiger partial charge in [-0.05, 0) is 39.7 Å². The van der Waals surface area contributed by atoms with Crippen molar-refractivity contribution in [2.24, 2.45) is 0 Å². The van der Waals surface area contributed by atoms with E-state index in [9.17, 15) is 0 Å². The summed E-state index contributed by atoms with van der Waals surface area (Å²) in [4.78, 5) is 5.38. The van der Waals surface area contributed by atoms with Crippen molar-refractivity contribution in [3.8, 4) is 0 Å². The zero-order chi connectivity index (χ0) is 10.2. The first kappa shape index (κ1) is 10.4. The summed E-state index contributed by atoms with van der Waals surface area (Å²) in [5.74, 6) is 0. The lowest BCUT2D eigenvalue weighted by Crippen LogP contribution is -2.67. The van der Waals surface area contributed by atoms with E-state index in [1.165, 1.54) is 45.4 Å². The fraction of sp³-hybridized carbons (Fsp3) is 1.00. The van der Waals surface area contributed by atoms with Crippen LogP contribution in [0, 0.1) is 0 Å². The Morgan fingerprint density at radius 1 is 1.21 bits per heavy atom. The van der Waals surface area contributed by atoms with E-state index in [4.69, 9.17) is 0 Å². The van der Waals surface area contributed by atoms with E-state index >= 15 is 0 Å². The first-order valence-corrected chi connectivity index (χ1v) is 6.17. The monoisotopic (exact) mass is 196 g/mol. The van der Waals surface area contributed by atoms with Crippen molar-refractivity contribution in [2.75, 3.05) is 26.2 Å². The molecule has 2 rings (SSSR count). The van der Waals surface area contributed by atoms with Gasteiger partial charge in [-0.15, -0.1) is 0 Å². The van der Waals surface area contributed by atoms with Crippen LogP contribution < -0.4 is 0 Å². The highest BCUT2D eigenvalue weighted by Gasteiger charge is 2.46. The Morgan fingerprint density at radius 2 is 1.93 bits per heavy atom. The van der Waals surface area contributed by atoms with Gasteiger partial charge in [0.05, 0.1) is 0 Å². The Kier molecular flexibility index (Phi) is 2.85. The van der Waals surface area contributed by atoms with Gasteiger partial charge in [-0.2, -0.15) is 0 Å². The third-order valence-corrected chi connectivity index (χ3v) is 4.14. The largest absolute Gasteiger partial charge is 0.300 e. The number of hydrogen-bond acceptors (Lipinski definition) is 2. The Balaban J connectivity index is 2.06. The quantitative estimate of drug-likeness (QED) is 0.666. The van der Waals surface area contributed by atoms with Gasteiger partial charge in [0.25, 0.3) is 0 Å². The number of piperazine rings is 1. The topological polar surface area (TPSA) is 6.48 Å². The SMILES string of the molecule is CCN1CCN(C(C)C)C2(CCC2)C1. The van der Waals surface area contributed by atoms with Crippen LogP contribution in [0.15, 0.2) is 0 Å². The van der Waals surface area contributed by atoms with Gasteiger partial charge in [-0.1, -0.05) is 6.92 Å². The van der Waals surface area contributed by atoms with Crippen molar-refractivity contribution in [3.63, 3.8) is 0 Å². The number of likely N-dealkylation sites (N-methyl/N-ethyl adjacent to an activating group) is 1. The average molecular weight is 196 g/mol. The molecule has 0 aromatic rings. The Morgan fingerprint density at radius 3 is 2.36 bits per heavy atom. The van der Waals surface area contributed by atoms with Crippen LogP contribution in [0.5, 0.6) is 0 Å². The van der Waals surface area contributed by atoms with Gasteiger partial charge < -0.3 is 4.90 Å². The molecular formula is C12H24N2. The van der Waals surface area contributed by atoms with Crippen molar-refractivity contribution < 1.29 is 0 Å². The van der Waals surface area contributed by atoms with E-state index in [1.54, 1.807) is 0 Å². The Labute approximate surface area is 88.3 Å². The van der Waals surface area contributed by atoms with E-state index < -0.39 is 0 Å². The maximum atomic E-state index is 2.75. The minimum absolute atomic E-state index is 0.572. The lowest BCUT2D eigenvalue weighted by molar-refractivity contribution is -0.0685. The molecule has 0 bridgehead atoms. The summed E-state index contributed by atoms with van der Waals surface area (Å²) in [6.07, 6.45) is 4.31. The van der Waals surface area contributed by atoms with Gasteiger partial charge in [0, 0.05) is 31.2 Å². The Bertz CT molecular complexity index is 196. The predicted molar refractivity (Wildman–Crippen MR) is 60.5 cm³/mol. The molecule has 1 saturated heterocycles. The average Bonchev–Trinajstić information content (AvgIpc) is 2.14. The summed E-state index contributed by atoms with van der Waals surface area (Å²) >= 11 is 0. The first-order chi connectivity index (χ1) is 6.68. The van der Waals surface area contributed by atoms with Gasteiger partial charge >= 0.3 is 0 Å². The van der Waals surface area contributed by atoms with Gasteiger partial charge in [-0.3, -0.25) is 4.90 Å². The Hall–Kier alpha value is -0.0800. The molecule has 2 nitrogen and oxygen atoms in total. The number of nitrogens with zero attached hydrogens (tertiary/aromatic N) is 2. The summed E-state index contributed by atoms with van der Waals surface area (Å²) < 4.78 is 0. The maximum absolute atomic E-state index is 2.75. The minimum Gasteiger partial charge on any atom is -0.300 e. The predicted octanol–water partition coefficient (Wildman–Crippen LogP) is 1.95. The highest BCUT2D eigenvalue weighted by atomic mass is 15.3. The fourth-order valence-corrected chi connectivity index (χ4v) is 3.18. The van der Waals surface area contributed by atoms with Gasteiger partial charge in [0.2, 0.25) is 0 Å². The summed E-state index contributed by atoms with van der Waals surface area (Å²) in [5.41, 5.74) is 0.572. The molecule has 1 saturated carbocycles. The molecule has 2 heteroatoms. The molecule has 0 aromatic carbocycles. The van der Waals surface area contributed by atoms with Gasteiger partial charge in [0.15, 0.2) is 0 Å². The highest BCUT2D eigenvalue weighted by molar-refractivity contribution is 5.03. The molecule has 1 spiro atoms. The van der Waals surface area contributed by atoms with Crippen LogP contribution >= 0.6 is 0 Å². The van der Waals surface area contributed by atoms with E-state index in [0.717, 1.165) is 6.04 Å². The normalized spacial score (nSPS) is 28.3. The molecule has 1 aliphatic carbocycles. The van der Waals surface area contributed by atoms with E-state index in [2.05, 4.69) is 30.6 Å². The van der Waals surface area contributed by atoms with Gasteiger partial charge in [0.1, 0.15) is 0 Å². The minimum atomic E-state index is 0.572. The summed E-state index contributed by atoms with van der Waals surface area (Å²) in [7, 11) is 0. The van der Waals surface area contributed by atoms with Crippen molar-refractivity contribution >= 4 is 0 Å². The summed E-state index contributed by atoms with van der Waals surface area (Å²) in [6, 6.07) is 0.731. The molecule has 1 heterocycles. The van der Waals surface area contributed by atoms with Crippen LogP contribution in [0.3, 0.4) is 0 Å². The zero-order valence-electron chi connectivity index (χ0n) is 9.92. The van der Waals surface area contributed by atoms with Crippen LogP contribution in [0.4, 0.5) is 0 Å². The molecule has 0 amide bonds. The second-order valence-corrected chi connectivity index (χ2v) is 5.23. The molecule has 0 radical (unpaired) electrons. The van der Waals surface area contributed by atoms with Crippen LogP contribution in [0.25, 0.3) is 0 Å².